The molecule has 1 aliphatic heterocycles. The molecule has 0 spiro atoms. The van der Waals surface area contributed by atoms with Gasteiger partial charge in [0.2, 0.25) is 0 Å². The Morgan fingerprint density at radius 3 is 2.73 bits per heavy atom. The predicted molar refractivity (Wildman–Crippen MR) is 60.2 cm³/mol. The van der Waals surface area contributed by atoms with Crippen LogP contribution in [0.4, 0.5) is 0 Å². The molecule has 1 saturated heterocycles. The highest BCUT2D eigenvalue weighted by molar-refractivity contribution is 5.90. The third-order valence-corrected chi connectivity index (χ3v) is 3.04. The van der Waals surface area contributed by atoms with E-state index in [1.54, 1.807) is 0 Å². The second kappa shape index (κ2) is 4.45. The first kappa shape index (κ1) is 10.2. The molecule has 0 saturated carbocycles. The van der Waals surface area contributed by atoms with Gasteiger partial charge in [0.05, 0.1) is 5.71 Å². The van der Waals surface area contributed by atoms with Crippen molar-refractivity contribution in [2.24, 2.45) is 5.16 Å². The molecular formula is C12H16N2O. The molecule has 1 heterocycles. The van der Waals surface area contributed by atoms with Crippen LogP contribution in [0, 0.1) is 0 Å². The number of hydrogen-bond acceptors (Lipinski definition) is 3. The van der Waals surface area contributed by atoms with Crippen molar-refractivity contribution in [2.75, 3.05) is 6.54 Å². The first-order chi connectivity index (χ1) is 7.31. The first-order valence-corrected chi connectivity index (χ1v) is 5.30. The molecule has 1 aromatic rings. The van der Waals surface area contributed by atoms with Gasteiger partial charge in [-0.25, -0.2) is 0 Å². The topological polar surface area (TPSA) is 35.8 Å². The van der Waals surface area contributed by atoms with E-state index in [0.29, 0.717) is 0 Å². The van der Waals surface area contributed by atoms with Crippen LogP contribution < -0.4 is 0 Å². The molecule has 0 aliphatic carbocycles. The van der Waals surface area contributed by atoms with Crippen LogP contribution in [0.15, 0.2) is 35.5 Å². The Morgan fingerprint density at radius 1 is 1.40 bits per heavy atom. The highest BCUT2D eigenvalue weighted by Crippen LogP contribution is 2.17. The molecule has 0 amide bonds. The zero-order valence-corrected chi connectivity index (χ0v) is 8.93. The molecule has 80 valence electrons. The van der Waals surface area contributed by atoms with Crippen molar-refractivity contribution in [3.05, 3.63) is 35.9 Å². The molecule has 1 aromatic carbocycles. The van der Waals surface area contributed by atoms with Crippen molar-refractivity contribution in [1.29, 1.82) is 0 Å². The number of likely N-dealkylation sites (tertiary alicyclic amines) is 1. The number of nitrogens with zero attached hydrogens (tertiary/aromatic N) is 2. The number of benzene rings is 1. The van der Waals surface area contributed by atoms with E-state index >= 15 is 0 Å². The largest absolute Gasteiger partial charge is 0.411 e. The maximum Gasteiger partial charge on any atom is 0.0752 e. The Morgan fingerprint density at radius 2 is 2.13 bits per heavy atom. The summed E-state index contributed by atoms with van der Waals surface area (Å²) in [6, 6.07) is 10.6. The van der Waals surface area contributed by atoms with Gasteiger partial charge in [-0.3, -0.25) is 4.90 Å². The highest BCUT2D eigenvalue weighted by atomic mass is 16.4. The normalized spacial score (nSPS) is 24.9. The molecule has 0 aromatic heterocycles. The lowest BCUT2D eigenvalue weighted by molar-refractivity contribution is 0.275. The summed E-state index contributed by atoms with van der Waals surface area (Å²) in [6.07, 6.45) is 0.879. The van der Waals surface area contributed by atoms with Gasteiger partial charge in [0.15, 0.2) is 0 Å². The summed E-state index contributed by atoms with van der Waals surface area (Å²) in [5.41, 5.74) is 2.20. The van der Waals surface area contributed by atoms with E-state index in [0.717, 1.165) is 25.2 Å². The molecular weight excluding hydrogens is 188 g/mol. The molecule has 3 heteroatoms. The lowest BCUT2D eigenvalue weighted by Gasteiger charge is -2.20. The van der Waals surface area contributed by atoms with E-state index in [9.17, 15) is 0 Å². The second-order valence-electron chi connectivity index (χ2n) is 3.97. The molecule has 0 unspecified atom stereocenters. The van der Waals surface area contributed by atoms with Crippen LogP contribution in [-0.2, 0) is 6.54 Å². The van der Waals surface area contributed by atoms with E-state index in [2.05, 4.69) is 41.2 Å². The molecule has 0 bridgehead atoms. The van der Waals surface area contributed by atoms with Crippen molar-refractivity contribution in [1.82, 2.24) is 4.90 Å². The van der Waals surface area contributed by atoms with E-state index in [4.69, 9.17) is 5.21 Å². The van der Waals surface area contributed by atoms with Crippen LogP contribution in [0.1, 0.15) is 18.9 Å². The molecule has 15 heavy (non-hydrogen) atoms. The highest BCUT2D eigenvalue weighted by Gasteiger charge is 2.26. The van der Waals surface area contributed by atoms with Crippen molar-refractivity contribution in [3.63, 3.8) is 0 Å². The molecule has 3 nitrogen and oxygen atoms in total. The van der Waals surface area contributed by atoms with Gasteiger partial charge >= 0.3 is 0 Å². The third-order valence-electron chi connectivity index (χ3n) is 3.04. The first-order valence-electron chi connectivity index (χ1n) is 5.30. The summed E-state index contributed by atoms with van der Waals surface area (Å²) >= 11 is 0. The summed E-state index contributed by atoms with van der Waals surface area (Å²) in [7, 11) is 0. The van der Waals surface area contributed by atoms with Gasteiger partial charge in [0.1, 0.15) is 0 Å². The zero-order valence-electron chi connectivity index (χ0n) is 8.93. The average Bonchev–Trinajstić information content (AvgIpc) is 2.62. The summed E-state index contributed by atoms with van der Waals surface area (Å²) in [4.78, 5) is 2.32. The van der Waals surface area contributed by atoms with Crippen LogP contribution in [-0.4, -0.2) is 28.4 Å². The van der Waals surface area contributed by atoms with Crippen LogP contribution in [0.25, 0.3) is 0 Å². The maximum atomic E-state index is 8.78. The van der Waals surface area contributed by atoms with Crippen molar-refractivity contribution in [3.8, 4) is 0 Å². The summed E-state index contributed by atoms with van der Waals surface area (Å²) in [6.45, 7) is 4.00. The summed E-state index contributed by atoms with van der Waals surface area (Å²) < 4.78 is 0. The Labute approximate surface area is 90.0 Å². The number of oxime groups is 1. The fraction of sp³-hybridized carbons (Fsp3) is 0.417. The van der Waals surface area contributed by atoms with Gasteiger partial charge in [0.25, 0.3) is 0 Å². The van der Waals surface area contributed by atoms with Crippen LogP contribution >= 0.6 is 0 Å². The van der Waals surface area contributed by atoms with Gasteiger partial charge in [-0.15, -0.1) is 0 Å². The lowest BCUT2D eigenvalue weighted by atomic mass is 10.2. The van der Waals surface area contributed by atoms with E-state index in [-0.39, 0.29) is 6.04 Å². The van der Waals surface area contributed by atoms with Crippen molar-refractivity contribution >= 4 is 5.71 Å². The second-order valence-corrected chi connectivity index (χ2v) is 3.97. The standard InChI is InChI=1S/C12H16N2O/c1-10-12(13-15)7-8-14(10)9-11-5-3-2-4-6-11/h2-6,10,15H,7-9H2,1H3/t10-/m0/s1. The molecule has 1 fully saturated rings. The molecule has 1 aliphatic rings. The van der Waals surface area contributed by atoms with E-state index < -0.39 is 0 Å². The van der Waals surface area contributed by atoms with Crippen LogP contribution in [0.3, 0.4) is 0 Å². The monoisotopic (exact) mass is 204 g/mol. The Bertz CT molecular complexity index is 348. The lowest BCUT2D eigenvalue weighted by Crippen LogP contribution is -2.29. The smallest absolute Gasteiger partial charge is 0.0752 e. The van der Waals surface area contributed by atoms with Gasteiger partial charge in [0, 0.05) is 25.6 Å². The number of hydrogen-bond donors (Lipinski definition) is 1. The van der Waals surface area contributed by atoms with Gasteiger partial charge in [-0.05, 0) is 12.5 Å². The van der Waals surface area contributed by atoms with Crippen LogP contribution in [0.5, 0.6) is 0 Å². The molecule has 1 atom stereocenters. The summed E-state index contributed by atoms with van der Waals surface area (Å²) in [5.74, 6) is 0. The van der Waals surface area contributed by atoms with Crippen molar-refractivity contribution in [2.45, 2.75) is 25.9 Å². The predicted octanol–water partition coefficient (Wildman–Crippen LogP) is 2.11. The van der Waals surface area contributed by atoms with E-state index in [1.807, 2.05) is 6.07 Å². The quantitative estimate of drug-likeness (QED) is 0.591. The van der Waals surface area contributed by atoms with Gasteiger partial charge < -0.3 is 5.21 Å². The minimum Gasteiger partial charge on any atom is -0.411 e. The Hall–Kier alpha value is -1.35. The molecule has 0 radical (unpaired) electrons. The van der Waals surface area contributed by atoms with Crippen molar-refractivity contribution < 1.29 is 5.21 Å². The SMILES string of the molecule is C[C@H]1C(=NO)CCN1Cc1ccccc1. The van der Waals surface area contributed by atoms with Crippen LogP contribution in [0.2, 0.25) is 0 Å². The average molecular weight is 204 g/mol. The minimum absolute atomic E-state index is 0.259. The van der Waals surface area contributed by atoms with Gasteiger partial charge in [-0.1, -0.05) is 35.5 Å². The Balaban J connectivity index is 2.03. The third kappa shape index (κ3) is 2.18. The zero-order chi connectivity index (χ0) is 10.7. The minimum atomic E-state index is 0.259. The Kier molecular flexibility index (Phi) is 3.02. The fourth-order valence-corrected chi connectivity index (χ4v) is 2.04. The fourth-order valence-electron chi connectivity index (χ4n) is 2.04. The summed E-state index contributed by atoms with van der Waals surface area (Å²) in [5, 5.41) is 12.1. The maximum absolute atomic E-state index is 8.78. The van der Waals surface area contributed by atoms with Gasteiger partial charge in [-0.2, -0.15) is 0 Å². The van der Waals surface area contributed by atoms with E-state index in [1.165, 1.54) is 5.56 Å². The molecule has 2 rings (SSSR count). The molecule has 1 N–H and O–H groups in total. The number of rotatable bonds is 2.